The molecule has 3 N–H and O–H groups in total. The standard InChI is InChI=1S/C12H17BrN2O2/c1-3-10(7-16)14-12(17)15-11-5-4-9(13)6-8(11)2/h4-6,10,16H,3,7H2,1-2H3,(H2,14,15,17). The summed E-state index contributed by atoms with van der Waals surface area (Å²) in [6.45, 7) is 3.78. The van der Waals surface area contributed by atoms with Gasteiger partial charge in [0.25, 0.3) is 0 Å². The molecule has 0 aromatic heterocycles. The zero-order valence-electron chi connectivity index (χ0n) is 9.96. The van der Waals surface area contributed by atoms with Crippen LogP contribution in [0.15, 0.2) is 22.7 Å². The van der Waals surface area contributed by atoms with Crippen molar-refractivity contribution in [3.05, 3.63) is 28.2 Å². The van der Waals surface area contributed by atoms with Crippen molar-refractivity contribution in [2.24, 2.45) is 0 Å². The Morgan fingerprint density at radius 1 is 1.53 bits per heavy atom. The first kappa shape index (κ1) is 14.0. The van der Waals surface area contributed by atoms with Crippen LogP contribution in [0.2, 0.25) is 0 Å². The molecule has 0 radical (unpaired) electrons. The Labute approximate surface area is 110 Å². The number of aryl methyl sites for hydroxylation is 1. The molecule has 1 aromatic rings. The fraction of sp³-hybridized carbons (Fsp3) is 0.417. The summed E-state index contributed by atoms with van der Waals surface area (Å²) < 4.78 is 0.975. The number of aliphatic hydroxyl groups is 1. The van der Waals surface area contributed by atoms with Gasteiger partial charge >= 0.3 is 6.03 Å². The van der Waals surface area contributed by atoms with Gasteiger partial charge in [-0.2, -0.15) is 0 Å². The lowest BCUT2D eigenvalue weighted by molar-refractivity contribution is 0.222. The van der Waals surface area contributed by atoms with Crippen LogP contribution in [-0.4, -0.2) is 23.8 Å². The smallest absolute Gasteiger partial charge is 0.319 e. The van der Waals surface area contributed by atoms with E-state index in [2.05, 4.69) is 26.6 Å². The van der Waals surface area contributed by atoms with E-state index in [9.17, 15) is 4.79 Å². The van der Waals surface area contributed by atoms with Crippen molar-refractivity contribution in [1.82, 2.24) is 5.32 Å². The van der Waals surface area contributed by atoms with E-state index in [1.165, 1.54) is 0 Å². The molecule has 0 aliphatic rings. The quantitative estimate of drug-likeness (QED) is 0.800. The average Bonchev–Trinajstić information content (AvgIpc) is 2.29. The van der Waals surface area contributed by atoms with Gasteiger partial charge in [-0.3, -0.25) is 0 Å². The first-order valence-electron chi connectivity index (χ1n) is 5.51. The largest absolute Gasteiger partial charge is 0.394 e. The normalized spacial score (nSPS) is 12.0. The van der Waals surface area contributed by atoms with Gasteiger partial charge in [0, 0.05) is 10.2 Å². The highest BCUT2D eigenvalue weighted by molar-refractivity contribution is 9.10. The van der Waals surface area contributed by atoms with Crippen LogP contribution in [0, 0.1) is 6.92 Å². The van der Waals surface area contributed by atoms with Crippen molar-refractivity contribution < 1.29 is 9.90 Å². The Kier molecular flexibility index (Phi) is 5.44. The van der Waals surface area contributed by atoms with E-state index < -0.39 is 0 Å². The predicted octanol–water partition coefficient (Wildman–Crippen LogP) is 2.65. The molecule has 0 heterocycles. The van der Waals surface area contributed by atoms with Gasteiger partial charge in [-0.25, -0.2) is 4.79 Å². The SMILES string of the molecule is CCC(CO)NC(=O)Nc1ccc(Br)cc1C. The fourth-order valence-electron chi connectivity index (χ4n) is 1.39. The molecule has 1 aromatic carbocycles. The van der Waals surface area contributed by atoms with E-state index in [4.69, 9.17) is 5.11 Å². The molecule has 0 bridgehead atoms. The number of rotatable bonds is 4. The first-order chi connectivity index (χ1) is 8.06. The topological polar surface area (TPSA) is 61.4 Å². The van der Waals surface area contributed by atoms with Gasteiger partial charge in [0.05, 0.1) is 12.6 Å². The molecule has 1 atom stereocenters. The van der Waals surface area contributed by atoms with Crippen LogP contribution in [0.1, 0.15) is 18.9 Å². The molecule has 2 amide bonds. The number of carbonyl (C=O) groups excluding carboxylic acids is 1. The van der Waals surface area contributed by atoms with Crippen molar-refractivity contribution >= 4 is 27.6 Å². The summed E-state index contributed by atoms with van der Waals surface area (Å²) in [4.78, 5) is 11.6. The van der Waals surface area contributed by atoms with Crippen LogP contribution in [0.5, 0.6) is 0 Å². The average molecular weight is 301 g/mol. The summed E-state index contributed by atoms with van der Waals surface area (Å²) in [6, 6.07) is 5.13. The second-order valence-corrected chi connectivity index (χ2v) is 4.76. The number of halogens is 1. The Hall–Kier alpha value is -1.07. The van der Waals surface area contributed by atoms with Crippen molar-refractivity contribution in [3.8, 4) is 0 Å². The molecule has 0 aliphatic carbocycles. The number of anilines is 1. The molecule has 0 saturated carbocycles. The molecule has 5 heteroatoms. The van der Waals surface area contributed by atoms with Crippen LogP contribution < -0.4 is 10.6 Å². The third-order valence-electron chi connectivity index (χ3n) is 2.49. The summed E-state index contributed by atoms with van der Waals surface area (Å²) >= 11 is 3.36. The molecule has 1 rings (SSSR count). The minimum Gasteiger partial charge on any atom is -0.394 e. The summed E-state index contributed by atoms with van der Waals surface area (Å²) in [5.74, 6) is 0. The first-order valence-corrected chi connectivity index (χ1v) is 6.30. The molecule has 94 valence electrons. The lowest BCUT2D eigenvalue weighted by Gasteiger charge is -2.15. The van der Waals surface area contributed by atoms with Crippen LogP contribution in [-0.2, 0) is 0 Å². The van der Waals surface area contributed by atoms with Crippen LogP contribution >= 0.6 is 15.9 Å². The number of carbonyl (C=O) groups is 1. The second kappa shape index (κ2) is 6.61. The highest BCUT2D eigenvalue weighted by Crippen LogP contribution is 2.19. The van der Waals surface area contributed by atoms with Gasteiger partial charge in [-0.05, 0) is 37.1 Å². The highest BCUT2D eigenvalue weighted by Gasteiger charge is 2.09. The van der Waals surface area contributed by atoms with Crippen LogP contribution in [0.3, 0.4) is 0 Å². The van der Waals surface area contributed by atoms with E-state index in [1.54, 1.807) is 0 Å². The molecular formula is C12H17BrN2O2. The number of hydrogen-bond acceptors (Lipinski definition) is 2. The number of nitrogens with one attached hydrogen (secondary N) is 2. The number of hydrogen-bond donors (Lipinski definition) is 3. The number of aliphatic hydroxyl groups excluding tert-OH is 1. The van der Waals surface area contributed by atoms with Crippen molar-refractivity contribution in [1.29, 1.82) is 0 Å². The molecule has 0 spiro atoms. The number of amides is 2. The van der Waals surface area contributed by atoms with Crippen LogP contribution in [0.25, 0.3) is 0 Å². The van der Waals surface area contributed by atoms with E-state index in [1.807, 2.05) is 32.0 Å². The van der Waals surface area contributed by atoms with Gasteiger partial charge in [-0.1, -0.05) is 22.9 Å². The van der Waals surface area contributed by atoms with Crippen molar-refractivity contribution in [2.45, 2.75) is 26.3 Å². The van der Waals surface area contributed by atoms with Crippen molar-refractivity contribution in [3.63, 3.8) is 0 Å². The molecule has 0 fully saturated rings. The monoisotopic (exact) mass is 300 g/mol. The summed E-state index contributed by atoms with van der Waals surface area (Å²) in [6.07, 6.45) is 0.698. The van der Waals surface area contributed by atoms with E-state index in [0.717, 1.165) is 15.7 Å². The van der Waals surface area contributed by atoms with E-state index >= 15 is 0 Å². The predicted molar refractivity (Wildman–Crippen MR) is 72.2 cm³/mol. The maximum atomic E-state index is 11.6. The molecule has 0 saturated heterocycles. The number of urea groups is 1. The van der Waals surface area contributed by atoms with Gasteiger partial charge in [-0.15, -0.1) is 0 Å². The van der Waals surface area contributed by atoms with E-state index in [0.29, 0.717) is 6.42 Å². The lowest BCUT2D eigenvalue weighted by Crippen LogP contribution is -2.39. The molecule has 4 nitrogen and oxygen atoms in total. The van der Waals surface area contributed by atoms with Gasteiger partial charge in [0.15, 0.2) is 0 Å². The lowest BCUT2D eigenvalue weighted by atomic mass is 10.2. The molecular weight excluding hydrogens is 284 g/mol. The Bertz CT molecular complexity index is 392. The molecule has 0 aliphatic heterocycles. The Morgan fingerprint density at radius 2 is 2.24 bits per heavy atom. The van der Waals surface area contributed by atoms with Crippen LogP contribution in [0.4, 0.5) is 10.5 Å². The highest BCUT2D eigenvalue weighted by atomic mass is 79.9. The second-order valence-electron chi connectivity index (χ2n) is 3.85. The third-order valence-corrected chi connectivity index (χ3v) is 2.98. The summed E-state index contributed by atoms with van der Waals surface area (Å²) in [5, 5.41) is 14.4. The fourth-order valence-corrected chi connectivity index (χ4v) is 1.86. The van der Waals surface area contributed by atoms with Gasteiger partial charge < -0.3 is 15.7 Å². The maximum absolute atomic E-state index is 11.6. The minimum atomic E-state index is -0.295. The number of benzene rings is 1. The maximum Gasteiger partial charge on any atom is 0.319 e. The van der Waals surface area contributed by atoms with Gasteiger partial charge in [0.2, 0.25) is 0 Å². The zero-order valence-corrected chi connectivity index (χ0v) is 11.5. The molecule has 17 heavy (non-hydrogen) atoms. The van der Waals surface area contributed by atoms with Gasteiger partial charge in [0.1, 0.15) is 0 Å². The van der Waals surface area contributed by atoms with E-state index in [-0.39, 0.29) is 18.7 Å². The molecule has 1 unspecified atom stereocenters. The Morgan fingerprint density at radius 3 is 2.76 bits per heavy atom. The zero-order chi connectivity index (χ0) is 12.8. The van der Waals surface area contributed by atoms with Crippen molar-refractivity contribution in [2.75, 3.05) is 11.9 Å². The minimum absolute atomic E-state index is 0.0523. The summed E-state index contributed by atoms with van der Waals surface area (Å²) in [7, 11) is 0. The summed E-state index contributed by atoms with van der Waals surface area (Å²) in [5.41, 5.74) is 1.74. The third kappa shape index (κ3) is 4.36. The Balaban J connectivity index is 2.62.